The first-order valence-electron chi connectivity index (χ1n) is 7.43. The molecule has 3 N–H and O–H groups in total. The summed E-state index contributed by atoms with van der Waals surface area (Å²) in [7, 11) is 0. The van der Waals surface area contributed by atoms with Crippen LogP contribution < -0.4 is 10.9 Å². The highest BCUT2D eigenvalue weighted by molar-refractivity contribution is 5.99. The smallest absolute Gasteiger partial charge is 0.269 e. The SMILES string of the molecule is CC(C)[C@H](O)c1ccc(C(=O)NNC(=O)c2ccccc2)cc1. The second-order valence-electron chi connectivity index (χ2n) is 5.59. The van der Waals surface area contributed by atoms with Gasteiger partial charge in [0.1, 0.15) is 0 Å². The van der Waals surface area contributed by atoms with Crippen LogP contribution in [0, 0.1) is 5.92 Å². The van der Waals surface area contributed by atoms with Gasteiger partial charge in [-0.15, -0.1) is 0 Å². The number of benzene rings is 2. The molecule has 0 heterocycles. The lowest BCUT2D eigenvalue weighted by molar-refractivity contribution is 0.0846. The number of aliphatic hydroxyl groups is 1. The molecule has 1 atom stereocenters. The largest absolute Gasteiger partial charge is 0.388 e. The van der Waals surface area contributed by atoms with Crippen molar-refractivity contribution >= 4 is 11.8 Å². The lowest BCUT2D eigenvalue weighted by Crippen LogP contribution is -2.41. The molecule has 0 fully saturated rings. The molecule has 0 aromatic heterocycles. The van der Waals surface area contributed by atoms with Gasteiger partial charge in [0.05, 0.1) is 6.10 Å². The standard InChI is InChI=1S/C18H20N2O3/c1-12(2)16(21)13-8-10-15(11-9-13)18(23)20-19-17(22)14-6-4-3-5-7-14/h3-12,16,21H,1-2H3,(H,19,22)(H,20,23)/t16-/m0/s1. The molecule has 2 aromatic carbocycles. The molecule has 120 valence electrons. The quantitative estimate of drug-likeness (QED) is 0.759. The first kappa shape index (κ1) is 16.7. The summed E-state index contributed by atoms with van der Waals surface area (Å²) in [6, 6.07) is 15.3. The van der Waals surface area contributed by atoms with Crippen molar-refractivity contribution in [2.75, 3.05) is 0 Å². The molecule has 0 radical (unpaired) electrons. The second kappa shape index (κ2) is 7.56. The molecular formula is C18H20N2O3. The summed E-state index contributed by atoms with van der Waals surface area (Å²) in [5.74, 6) is -0.703. The highest BCUT2D eigenvalue weighted by Crippen LogP contribution is 2.21. The topological polar surface area (TPSA) is 78.4 Å². The Kier molecular flexibility index (Phi) is 5.49. The second-order valence-corrected chi connectivity index (χ2v) is 5.59. The van der Waals surface area contributed by atoms with Crippen molar-refractivity contribution in [3.8, 4) is 0 Å². The van der Waals surface area contributed by atoms with Gasteiger partial charge >= 0.3 is 0 Å². The lowest BCUT2D eigenvalue weighted by Gasteiger charge is -2.15. The Balaban J connectivity index is 1.95. The Labute approximate surface area is 135 Å². The van der Waals surface area contributed by atoms with E-state index in [2.05, 4.69) is 10.9 Å². The lowest BCUT2D eigenvalue weighted by atomic mass is 9.98. The Morgan fingerprint density at radius 2 is 1.30 bits per heavy atom. The Hall–Kier alpha value is -2.66. The molecule has 2 amide bonds. The van der Waals surface area contributed by atoms with E-state index >= 15 is 0 Å². The molecule has 0 bridgehead atoms. The highest BCUT2D eigenvalue weighted by atomic mass is 16.3. The molecule has 0 saturated heterocycles. The fraction of sp³-hybridized carbons (Fsp3) is 0.222. The maximum Gasteiger partial charge on any atom is 0.269 e. The molecule has 0 saturated carbocycles. The molecule has 2 rings (SSSR count). The van der Waals surface area contributed by atoms with E-state index in [1.165, 1.54) is 0 Å². The number of aliphatic hydroxyl groups excluding tert-OH is 1. The van der Waals surface area contributed by atoms with Gasteiger partial charge in [-0.25, -0.2) is 0 Å². The van der Waals surface area contributed by atoms with Crippen molar-refractivity contribution < 1.29 is 14.7 Å². The van der Waals surface area contributed by atoms with Crippen molar-refractivity contribution in [1.29, 1.82) is 0 Å². The van der Waals surface area contributed by atoms with Gasteiger partial charge in [-0.3, -0.25) is 20.4 Å². The Morgan fingerprint density at radius 3 is 1.78 bits per heavy atom. The highest BCUT2D eigenvalue weighted by Gasteiger charge is 2.13. The van der Waals surface area contributed by atoms with E-state index < -0.39 is 12.0 Å². The maximum absolute atomic E-state index is 12.0. The number of hydrazine groups is 1. The monoisotopic (exact) mass is 312 g/mol. The summed E-state index contributed by atoms with van der Waals surface area (Å²) in [6.45, 7) is 3.84. The van der Waals surface area contributed by atoms with Gasteiger partial charge < -0.3 is 5.11 Å². The number of hydrogen-bond acceptors (Lipinski definition) is 3. The van der Waals surface area contributed by atoms with E-state index in [0.29, 0.717) is 11.1 Å². The molecule has 0 aliphatic carbocycles. The van der Waals surface area contributed by atoms with Gasteiger partial charge in [0.25, 0.3) is 11.8 Å². The predicted octanol–water partition coefficient (Wildman–Crippen LogP) is 2.45. The predicted molar refractivity (Wildman–Crippen MR) is 87.6 cm³/mol. The molecule has 0 unspecified atom stereocenters. The Morgan fingerprint density at radius 1 is 0.826 bits per heavy atom. The zero-order valence-corrected chi connectivity index (χ0v) is 13.1. The molecule has 0 aliphatic rings. The number of hydrogen-bond donors (Lipinski definition) is 3. The van der Waals surface area contributed by atoms with Gasteiger partial charge in [-0.05, 0) is 35.7 Å². The number of carbonyl (C=O) groups is 2. The average molecular weight is 312 g/mol. The first-order chi connectivity index (χ1) is 11.0. The van der Waals surface area contributed by atoms with Gasteiger partial charge in [-0.1, -0.05) is 44.2 Å². The van der Waals surface area contributed by atoms with E-state index in [4.69, 9.17) is 0 Å². The van der Waals surface area contributed by atoms with Crippen LogP contribution in [0.5, 0.6) is 0 Å². The van der Waals surface area contributed by atoms with Crippen molar-refractivity contribution in [3.05, 3.63) is 71.3 Å². The molecule has 5 nitrogen and oxygen atoms in total. The molecular weight excluding hydrogens is 292 g/mol. The van der Waals surface area contributed by atoms with Gasteiger partial charge in [0, 0.05) is 11.1 Å². The van der Waals surface area contributed by atoms with Crippen LogP contribution in [0.15, 0.2) is 54.6 Å². The van der Waals surface area contributed by atoms with Crippen LogP contribution >= 0.6 is 0 Å². The minimum atomic E-state index is -0.565. The molecule has 2 aromatic rings. The van der Waals surface area contributed by atoms with Crippen LogP contribution in [-0.4, -0.2) is 16.9 Å². The van der Waals surface area contributed by atoms with E-state index in [-0.39, 0.29) is 11.8 Å². The van der Waals surface area contributed by atoms with Gasteiger partial charge in [-0.2, -0.15) is 0 Å². The fourth-order valence-corrected chi connectivity index (χ4v) is 2.06. The molecule has 23 heavy (non-hydrogen) atoms. The normalized spacial score (nSPS) is 11.8. The zero-order chi connectivity index (χ0) is 16.8. The zero-order valence-electron chi connectivity index (χ0n) is 13.1. The van der Waals surface area contributed by atoms with Gasteiger partial charge in [0.2, 0.25) is 0 Å². The van der Waals surface area contributed by atoms with E-state index in [0.717, 1.165) is 5.56 Å². The molecule has 0 aliphatic heterocycles. The number of amides is 2. The molecule has 5 heteroatoms. The minimum absolute atomic E-state index is 0.0971. The van der Waals surface area contributed by atoms with E-state index in [1.54, 1.807) is 48.5 Å². The third-order valence-electron chi connectivity index (χ3n) is 3.47. The Bertz CT molecular complexity index is 666. The maximum atomic E-state index is 12.0. The average Bonchev–Trinajstić information content (AvgIpc) is 2.59. The van der Waals surface area contributed by atoms with Crippen LogP contribution in [0.4, 0.5) is 0 Å². The minimum Gasteiger partial charge on any atom is -0.388 e. The summed E-state index contributed by atoms with van der Waals surface area (Å²) >= 11 is 0. The summed E-state index contributed by atoms with van der Waals surface area (Å²) in [6.07, 6.45) is -0.565. The van der Waals surface area contributed by atoms with E-state index in [1.807, 2.05) is 19.9 Å². The number of rotatable bonds is 4. The number of carbonyl (C=O) groups excluding carboxylic acids is 2. The number of nitrogens with one attached hydrogen (secondary N) is 2. The van der Waals surface area contributed by atoms with Crippen molar-refractivity contribution in [3.63, 3.8) is 0 Å². The fourth-order valence-electron chi connectivity index (χ4n) is 2.06. The van der Waals surface area contributed by atoms with Crippen LogP contribution in [0.25, 0.3) is 0 Å². The van der Waals surface area contributed by atoms with Crippen LogP contribution in [0.1, 0.15) is 46.2 Å². The summed E-state index contributed by atoms with van der Waals surface area (Å²) < 4.78 is 0. The van der Waals surface area contributed by atoms with Crippen molar-refractivity contribution in [2.45, 2.75) is 20.0 Å². The van der Waals surface area contributed by atoms with Crippen molar-refractivity contribution in [2.24, 2.45) is 5.92 Å². The molecule has 0 spiro atoms. The van der Waals surface area contributed by atoms with E-state index in [9.17, 15) is 14.7 Å². The summed E-state index contributed by atoms with van der Waals surface area (Å²) in [5.41, 5.74) is 6.35. The van der Waals surface area contributed by atoms with Gasteiger partial charge in [0.15, 0.2) is 0 Å². The summed E-state index contributed by atoms with van der Waals surface area (Å²) in [5, 5.41) is 9.97. The third kappa shape index (κ3) is 4.40. The van der Waals surface area contributed by atoms with Crippen LogP contribution in [0.3, 0.4) is 0 Å². The van der Waals surface area contributed by atoms with Crippen molar-refractivity contribution in [1.82, 2.24) is 10.9 Å². The van der Waals surface area contributed by atoms with Crippen LogP contribution in [0.2, 0.25) is 0 Å². The first-order valence-corrected chi connectivity index (χ1v) is 7.43. The van der Waals surface area contributed by atoms with Crippen LogP contribution in [-0.2, 0) is 0 Å². The summed E-state index contributed by atoms with van der Waals surface area (Å²) in [4.78, 5) is 23.8. The third-order valence-corrected chi connectivity index (χ3v) is 3.47.